The summed E-state index contributed by atoms with van der Waals surface area (Å²) >= 11 is 0. The number of anilines is 1. The fourth-order valence-corrected chi connectivity index (χ4v) is 2.03. The number of hydrogen-bond acceptors (Lipinski definition) is 5. The van der Waals surface area contributed by atoms with E-state index in [1.165, 1.54) is 18.2 Å². The molecule has 0 aliphatic heterocycles. The lowest BCUT2D eigenvalue weighted by Gasteiger charge is -2.18. The number of nitrogens with zero attached hydrogens (tertiary/aromatic N) is 1. The molecular weight excluding hydrogens is 279 g/mol. The lowest BCUT2D eigenvalue weighted by atomic mass is 10.1. The van der Waals surface area contributed by atoms with Gasteiger partial charge in [-0.05, 0) is 25.1 Å². The lowest BCUT2D eigenvalue weighted by Crippen LogP contribution is -2.09. The van der Waals surface area contributed by atoms with E-state index in [9.17, 15) is 24.7 Å². The van der Waals surface area contributed by atoms with Gasteiger partial charge in [-0.1, -0.05) is 6.07 Å². The van der Waals surface area contributed by atoms with Gasteiger partial charge in [-0.3, -0.25) is 10.1 Å². The van der Waals surface area contributed by atoms with Gasteiger partial charge in [0, 0.05) is 12.1 Å². The molecule has 0 spiro atoms. The van der Waals surface area contributed by atoms with Crippen molar-refractivity contribution in [2.24, 2.45) is 0 Å². The molecule has 6 nitrogen and oxygen atoms in total. The Morgan fingerprint density at radius 1 is 1.24 bits per heavy atom. The number of phenolic OH excluding ortho intramolecular Hbond substituents is 2. The number of nitro benzene ring substituents is 1. The lowest BCUT2D eigenvalue weighted by molar-refractivity contribution is -0.384. The second kappa shape index (κ2) is 5.66. The maximum absolute atomic E-state index is 13.7. The first-order valence-electron chi connectivity index (χ1n) is 6.11. The molecule has 0 saturated heterocycles. The highest BCUT2D eigenvalue weighted by molar-refractivity contribution is 5.55. The second-order valence-corrected chi connectivity index (χ2v) is 4.50. The summed E-state index contributed by atoms with van der Waals surface area (Å²) in [6.07, 6.45) is 0. The summed E-state index contributed by atoms with van der Waals surface area (Å²) in [4.78, 5) is 10.1. The van der Waals surface area contributed by atoms with E-state index in [0.29, 0.717) is 0 Å². The highest BCUT2D eigenvalue weighted by atomic mass is 19.1. The SMILES string of the molecule is CC(Nc1cc([N+](=O)[O-])ccc1F)c1c(O)cccc1O. The van der Waals surface area contributed by atoms with Crippen molar-refractivity contribution in [1.29, 1.82) is 0 Å². The van der Waals surface area contributed by atoms with E-state index in [1.54, 1.807) is 6.92 Å². The average Bonchev–Trinajstić information content (AvgIpc) is 2.40. The monoisotopic (exact) mass is 292 g/mol. The van der Waals surface area contributed by atoms with Gasteiger partial charge >= 0.3 is 0 Å². The van der Waals surface area contributed by atoms with E-state index in [0.717, 1.165) is 18.2 Å². The molecule has 0 heterocycles. The van der Waals surface area contributed by atoms with Gasteiger partial charge in [0.25, 0.3) is 5.69 Å². The Balaban J connectivity index is 2.33. The molecule has 1 unspecified atom stereocenters. The van der Waals surface area contributed by atoms with Crippen LogP contribution < -0.4 is 5.32 Å². The number of non-ortho nitro benzene ring substituents is 1. The molecule has 0 aliphatic rings. The van der Waals surface area contributed by atoms with E-state index >= 15 is 0 Å². The number of aromatic hydroxyl groups is 2. The van der Waals surface area contributed by atoms with Crippen LogP contribution in [0, 0.1) is 15.9 Å². The molecule has 21 heavy (non-hydrogen) atoms. The molecule has 2 rings (SSSR count). The van der Waals surface area contributed by atoms with Crippen LogP contribution >= 0.6 is 0 Å². The van der Waals surface area contributed by atoms with Crippen LogP contribution in [0.25, 0.3) is 0 Å². The zero-order valence-electron chi connectivity index (χ0n) is 11.1. The van der Waals surface area contributed by atoms with Crippen LogP contribution in [-0.4, -0.2) is 15.1 Å². The normalized spacial score (nSPS) is 11.9. The zero-order valence-corrected chi connectivity index (χ0v) is 11.1. The van der Waals surface area contributed by atoms with Gasteiger partial charge in [0.1, 0.15) is 17.3 Å². The van der Waals surface area contributed by atoms with E-state index in [2.05, 4.69) is 5.32 Å². The average molecular weight is 292 g/mol. The summed E-state index contributed by atoms with van der Waals surface area (Å²) < 4.78 is 13.7. The maximum Gasteiger partial charge on any atom is 0.271 e. The van der Waals surface area contributed by atoms with Crippen LogP contribution in [0.3, 0.4) is 0 Å². The van der Waals surface area contributed by atoms with E-state index in [1.807, 2.05) is 0 Å². The Bertz CT molecular complexity index is 670. The summed E-state index contributed by atoms with van der Waals surface area (Å²) in [6, 6.07) is 6.69. The standard InChI is InChI=1S/C14H13FN2O4/c1-8(14-12(18)3-2-4-13(14)19)16-11-7-9(17(20)21)5-6-10(11)15/h2-8,16,18-19H,1H3. The Kier molecular flexibility index (Phi) is 3.93. The summed E-state index contributed by atoms with van der Waals surface area (Å²) in [7, 11) is 0. The summed E-state index contributed by atoms with van der Waals surface area (Å²) in [5, 5.41) is 32.9. The van der Waals surface area contributed by atoms with Crippen LogP contribution in [0.4, 0.5) is 15.8 Å². The molecule has 0 amide bonds. The zero-order chi connectivity index (χ0) is 15.6. The highest BCUT2D eigenvalue weighted by Crippen LogP contribution is 2.35. The van der Waals surface area contributed by atoms with Crippen molar-refractivity contribution in [1.82, 2.24) is 0 Å². The molecule has 0 fully saturated rings. The first kappa shape index (κ1) is 14.6. The van der Waals surface area contributed by atoms with Gasteiger partial charge in [0.05, 0.1) is 22.2 Å². The van der Waals surface area contributed by atoms with Crippen molar-refractivity contribution in [3.8, 4) is 11.5 Å². The molecule has 2 aromatic rings. The number of hydrogen-bond donors (Lipinski definition) is 3. The molecule has 3 N–H and O–H groups in total. The quantitative estimate of drug-likeness (QED) is 0.593. The fraction of sp³-hybridized carbons (Fsp3) is 0.143. The number of halogens is 1. The molecule has 0 aromatic heterocycles. The molecule has 110 valence electrons. The minimum atomic E-state index is -0.664. The van der Waals surface area contributed by atoms with Crippen LogP contribution in [-0.2, 0) is 0 Å². The van der Waals surface area contributed by atoms with Crippen LogP contribution in [0.15, 0.2) is 36.4 Å². The molecule has 0 aliphatic carbocycles. The summed E-state index contributed by atoms with van der Waals surface area (Å²) in [6.45, 7) is 1.59. The minimum Gasteiger partial charge on any atom is -0.507 e. The van der Waals surface area contributed by atoms with E-state index < -0.39 is 16.8 Å². The third-order valence-electron chi connectivity index (χ3n) is 3.03. The number of nitro groups is 1. The van der Waals surface area contributed by atoms with Crippen molar-refractivity contribution < 1.29 is 19.5 Å². The topological polar surface area (TPSA) is 95.6 Å². The van der Waals surface area contributed by atoms with Crippen LogP contribution in [0.5, 0.6) is 11.5 Å². The fourth-order valence-electron chi connectivity index (χ4n) is 2.03. The summed E-state index contributed by atoms with van der Waals surface area (Å²) in [5.74, 6) is -0.968. The van der Waals surface area contributed by atoms with Crippen molar-refractivity contribution >= 4 is 11.4 Å². The van der Waals surface area contributed by atoms with Crippen molar-refractivity contribution in [3.63, 3.8) is 0 Å². The minimum absolute atomic E-state index is 0.0839. The second-order valence-electron chi connectivity index (χ2n) is 4.50. The number of rotatable bonds is 4. The predicted molar refractivity (Wildman–Crippen MR) is 74.9 cm³/mol. The Morgan fingerprint density at radius 2 is 1.86 bits per heavy atom. The third-order valence-corrected chi connectivity index (χ3v) is 3.03. The van der Waals surface area contributed by atoms with E-state index in [4.69, 9.17) is 0 Å². The molecule has 0 saturated carbocycles. The number of benzene rings is 2. The third kappa shape index (κ3) is 3.02. The van der Waals surface area contributed by atoms with Crippen LogP contribution in [0.1, 0.15) is 18.5 Å². The number of phenols is 2. The predicted octanol–water partition coefficient (Wildman–Crippen LogP) is 3.32. The van der Waals surface area contributed by atoms with Gasteiger partial charge in [-0.15, -0.1) is 0 Å². The molecule has 7 heteroatoms. The molecule has 0 radical (unpaired) electrons. The first-order chi connectivity index (χ1) is 9.90. The molecule has 2 aromatic carbocycles. The Hall–Kier alpha value is -2.83. The van der Waals surface area contributed by atoms with Gasteiger partial charge in [-0.2, -0.15) is 0 Å². The van der Waals surface area contributed by atoms with Crippen molar-refractivity contribution in [3.05, 3.63) is 57.9 Å². The van der Waals surface area contributed by atoms with Gasteiger partial charge in [0.15, 0.2) is 0 Å². The Morgan fingerprint density at radius 3 is 2.43 bits per heavy atom. The highest BCUT2D eigenvalue weighted by Gasteiger charge is 2.18. The molecular formula is C14H13FN2O4. The smallest absolute Gasteiger partial charge is 0.271 e. The largest absolute Gasteiger partial charge is 0.507 e. The Labute approximate surface area is 119 Å². The van der Waals surface area contributed by atoms with Crippen LogP contribution in [0.2, 0.25) is 0 Å². The van der Waals surface area contributed by atoms with Crippen molar-refractivity contribution in [2.75, 3.05) is 5.32 Å². The van der Waals surface area contributed by atoms with Gasteiger partial charge in [0.2, 0.25) is 0 Å². The van der Waals surface area contributed by atoms with Crippen molar-refractivity contribution in [2.45, 2.75) is 13.0 Å². The number of nitrogens with one attached hydrogen (secondary N) is 1. The summed E-state index contributed by atoms with van der Waals surface area (Å²) in [5.41, 5.74) is -0.157. The van der Waals surface area contributed by atoms with Gasteiger partial charge < -0.3 is 15.5 Å². The maximum atomic E-state index is 13.7. The van der Waals surface area contributed by atoms with E-state index in [-0.39, 0.29) is 28.4 Å². The molecule has 1 atom stereocenters. The van der Waals surface area contributed by atoms with Gasteiger partial charge in [-0.25, -0.2) is 4.39 Å². The first-order valence-corrected chi connectivity index (χ1v) is 6.11. The molecule has 0 bridgehead atoms.